The third-order valence-corrected chi connectivity index (χ3v) is 4.53. The van der Waals surface area contributed by atoms with E-state index in [9.17, 15) is 27.5 Å². The number of fused-ring (bicyclic) bond motifs is 1. The van der Waals surface area contributed by atoms with Crippen LogP contribution in [0.4, 0.5) is 23.4 Å². The Kier molecular flexibility index (Phi) is 4.48. The molecule has 0 aliphatic rings. The first-order chi connectivity index (χ1) is 13.0. The fourth-order valence-corrected chi connectivity index (χ4v) is 3.36. The molecule has 11 heteroatoms. The van der Waals surface area contributed by atoms with Gasteiger partial charge in [0.1, 0.15) is 18.2 Å². The van der Waals surface area contributed by atoms with Gasteiger partial charge in [0.15, 0.2) is 11.3 Å². The predicted octanol–water partition coefficient (Wildman–Crippen LogP) is 2.82. The van der Waals surface area contributed by atoms with Crippen LogP contribution in [-0.2, 0) is 12.7 Å². The summed E-state index contributed by atoms with van der Waals surface area (Å²) in [5.74, 6) is -1.65. The van der Waals surface area contributed by atoms with Gasteiger partial charge in [0.25, 0.3) is 5.91 Å². The molecule has 0 saturated carbocycles. The van der Waals surface area contributed by atoms with Gasteiger partial charge in [0.2, 0.25) is 0 Å². The number of hydrogen-bond donors (Lipinski definition) is 3. The zero-order chi connectivity index (χ0) is 21.0. The van der Waals surface area contributed by atoms with Gasteiger partial charge in [-0.15, -0.1) is 0 Å². The number of primary amides is 1. The van der Waals surface area contributed by atoms with E-state index in [1.54, 1.807) is 6.92 Å². The van der Waals surface area contributed by atoms with Crippen LogP contribution in [0.2, 0.25) is 0 Å². The van der Waals surface area contributed by atoms with Gasteiger partial charge in [-0.1, -0.05) is 6.07 Å². The van der Waals surface area contributed by atoms with Crippen LogP contribution >= 0.6 is 0 Å². The van der Waals surface area contributed by atoms with Gasteiger partial charge in [0.05, 0.1) is 23.2 Å². The fourth-order valence-electron chi connectivity index (χ4n) is 3.36. The number of phenols is 1. The minimum atomic E-state index is -4.93. The molecule has 0 saturated heterocycles. The summed E-state index contributed by atoms with van der Waals surface area (Å²) in [6.45, 7) is 1.43. The van der Waals surface area contributed by atoms with E-state index in [1.165, 1.54) is 19.1 Å². The Morgan fingerprint density at radius 2 is 1.93 bits per heavy atom. The second-order valence-electron chi connectivity index (χ2n) is 6.29. The molecule has 0 bridgehead atoms. The van der Waals surface area contributed by atoms with Gasteiger partial charge in [0, 0.05) is 5.56 Å². The molecule has 0 unspecified atom stereocenters. The average Bonchev–Trinajstić information content (AvgIpc) is 3.05. The molecule has 0 aliphatic carbocycles. The molecule has 0 spiro atoms. The molecule has 0 atom stereocenters. The Morgan fingerprint density at radius 1 is 1.29 bits per heavy atom. The van der Waals surface area contributed by atoms with Crippen LogP contribution in [0.3, 0.4) is 0 Å². The minimum absolute atomic E-state index is 0.123. The highest BCUT2D eigenvalue weighted by molar-refractivity contribution is 6.12. The summed E-state index contributed by atoms with van der Waals surface area (Å²) in [7, 11) is 0. The summed E-state index contributed by atoms with van der Waals surface area (Å²) < 4.78 is 55.6. The van der Waals surface area contributed by atoms with Crippen molar-refractivity contribution in [3.63, 3.8) is 0 Å². The largest absolute Gasteiger partial charge is 0.508 e. The van der Waals surface area contributed by atoms with Gasteiger partial charge in [-0.05, 0) is 25.5 Å². The minimum Gasteiger partial charge on any atom is -0.508 e. The number of nitrogens with two attached hydrogens (primary N) is 2. The molecule has 0 fully saturated rings. The van der Waals surface area contributed by atoms with Crippen LogP contribution in [0.25, 0.3) is 16.7 Å². The number of benzene rings is 1. The van der Waals surface area contributed by atoms with Gasteiger partial charge < -0.3 is 16.6 Å². The molecule has 0 radical (unpaired) electrons. The summed E-state index contributed by atoms with van der Waals surface area (Å²) >= 11 is 0. The first kappa shape index (κ1) is 19.5. The molecule has 150 valence electrons. The van der Waals surface area contributed by atoms with Crippen LogP contribution in [0.1, 0.15) is 27.2 Å². The van der Waals surface area contributed by atoms with Gasteiger partial charge in [-0.2, -0.15) is 18.3 Å². The summed E-state index contributed by atoms with van der Waals surface area (Å²) in [4.78, 5) is 12.0. The standard InChI is InChI=1S/C17H17F4N5O2/c1-7-3-4-9(27)8(2)12(7)26-14(22)11(15(23)28)10-13(17(19,20)21)25(6-5-18)24-16(10)26/h3-4,27H,5-6,22H2,1-2H3,(H2,23,28). The Labute approximate surface area is 156 Å². The van der Waals surface area contributed by atoms with E-state index in [0.29, 0.717) is 15.8 Å². The van der Waals surface area contributed by atoms with Crippen molar-refractivity contribution in [2.75, 3.05) is 12.4 Å². The van der Waals surface area contributed by atoms with Crippen LogP contribution in [0, 0.1) is 13.8 Å². The van der Waals surface area contributed by atoms with E-state index in [1.807, 2.05) is 0 Å². The van der Waals surface area contributed by atoms with E-state index in [2.05, 4.69) is 5.10 Å². The maximum absolute atomic E-state index is 13.7. The number of alkyl halides is 4. The summed E-state index contributed by atoms with van der Waals surface area (Å²) in [6, 6.07) is 2.96. The lowest BCUT2D eigenvalue weighted by atomic mass is 10.1. The molecule has 7 nitrogen and oxygen atoms in total. The van der Waals surface area contributed by atoms with Crippen LogP contribution in [-0.4, -0.2) is 32.0 Å². The summed E-state index contributed by atoms with van der Waals surface area (Å²) in [5.41, 5.74) is 10.3. The van der Waals surface area contributed by atoms with E-state index in [4.69, 9.17) is 11.5 Å². The highest BCUT2D eigenvalue weighted by atomic mass is 19.4. The van der Waals surface area contributed by atoms with E-state index >= 15 is 0 Å². The van der Waals surface area contributed by atoms with Crippen LogP contribution in [0.5, 0.6) is 5.75 Å². The molecule has 2 aromatic heterocycles. The number of aryl methyl sites for hydroxylation is 2. The van der Waals surface area contributed by atoms with Crippen molar-refractivity contribution in [3.8, 4) is 11.4 Å². The average molecular weight is 399 g/mol. The maximum atomic E-state index is 13.7. The Morgan fingerprint density at radius 3 is 2.46 bits per heavy atom. The van der Waals surface area contributed by atoms with Crippen molar-refractivity contribution in [1.29, 1.82) is 0 Å². The second-order valence-corrected chi connectivity index (χ2v) is 6.29. The van der Waals surface area contributed by atoms with Crippen LogP contribution < -0.4 is 11.5 Å². The number of aromatic nitrogens is 3. The van der Waals surface area contributed by atoms with Crippen molar-refractivity contribution in [3.05, 3.63) is 34.5 Å². The number of carbonyl (C=O) groups excluding carboxylic acids is 1. The Bertz CT molecular complexity index is 1100. The zero-order valence-electron chi connectivity index (χ0n) is 14.9. The molecule has 3 rings (SSSR count). The van der Waals surface area contributed by atoms with Crippen LogP contribution in [0.15, 0.2) is 12.1 Å². The zero-order valence-corrected chi connectivity index (χ0v) is 14.9. The molecule has 28 heavy (non-hydrogen) atoms. The lowest BCUT2D eigenvalue weighted by Crippen LogP contribution is -2.19. The van der Waals surface area contributed by atoms with Crippen molar-refractivity contribution in [2.45, 2.75) is 26.6 Å². The van der Waals surface area contributed by atoms with Crippen molar-refractivity contribution in [2.24, 2.45) is 5.73 Å². The predicted molar refractivity (Wildman–Crippen MR) is 94.1 cm³/mol. The molecule has 3 aromatic rings. The number of nitrogen functional groups attached to an aromatic ring is 1. The number of carbonyl (C=O) groups is 1. The molecular formula is C17H17F4N5O2. The molecule has 1 amide bonds. The fraction of sp³-hybridized carbons (Fsp3) is 0.294. The van der Waals surface area contributed by atoms with Crippen molar-refractivity contribution < 1.29 is 27.5 Å². The number of rotatable bonds is 4. The number of aromatic hydroxyl groups is 1. The lowest BCUT2D eigenvalue weighted by Gasteiger charge is -2.15. The number of phenolic OH excluding ortho intramolecular Hbond substituents is 1. The SMILES string of the molecule is Cc1ccc(O)c(C)c1-n1c(N)c(C(N)=O)c2c(C(F)(F)F)n(CCF)nc21. The third-order valence-electron chi connectivity index (χ3n) is 4.53. The smallest absolute Gasteiger partial charge is 0.433 e. The van der Waals surface area contributed by atoms with Gasteiger partial charge in [-0.3, -0.25) is 14.0 Å². The Hall–Kier alpha value is -3.24. The molecule has 0 aliphatic heterocycles. The maximum Gasteiger partial charge on any atom is 0.433 e. The highest BCUT2D eigenvalue weighted by Crippen LogP contribution is 2.42. The molecular weight excluding hydrogens is 382 g/mol. The van der Waals surface area contributed by atoms with Gasteiger partial charge in [-0.25, -0.2) is 4.39 Å². The molecule has 2 heterocycles. The van der Waals surface area contributed by atoms with Gasteiger partial charge >= 0.3 is 6.18 Å². The first-order valence-corrected chi connectivity index (χ1v) is 8.13. The van der Waals surface area contributed by atoms with E-state index < -0.39 is 41.9 Å². The normalized spacial score (nSPS) is 12.1. The van der Waals surface area contributed by atoms with E-state index in [0.717, 1.165) is 4.57 Å². The third kappa shape index (κ3) is 2.74. The molecule has 5 N–H and O–H groups in total. The monoisotopic (exact) mass is 399 g/mol. The second kappa shape index (κ2) is 6.43. The number of halogens is 4. The van der Waals surface area contributed by atoms with Crippen molar-refractivity contribution >= 4 is 22.8 Å². The van der Waals surface area contributed by atoms with E-state index in [-0.39, 0.29) is 22.9 Å². The number of hydrogen-bond acceptors (Lipinski definition) is 4. The summed E-state index contributed by atoms with van der Waals surface area (Å²) in [6.07, 6.45) is -4.93. The number of anilines is 1. The lowest BCUT2D eigenvalue weighted by molar-refractivity contribution is -0.143. The number of nitrogens with zero attached hydrogens (tertiary/aromatic N) is 3. The Balaban J connectivity index is 2.56. The number of amides is 1. The summed E-state index contributed by atoms with van der Waals surface area (Å²) in [5, 5.41) is 13.3. The first-order valence-electron chi connectivity index (χ1n) is 8.13. The van der Waals surface area contributed by atoms with Crippen molar-refractivity contribution in [1.82, 2.24) is 14.3 Å². The quantitative estimate of drug-likeness (QED) is 0.586. The molecule has 1 aromatic carbocycles. The highest BCUT2D eigenvalue weighted by Gasteiger charge is 2.42. The topological polar surface area (TPSA) is 112 Å².